The minimum absolute atomic E-state index is 0.000848. The first-order valence-corrected chi connectivity index (χ1v) is 6.13. The van der Waals surface area contributed by atoms with Crippen molar-refractivity contribution in [3.63, 3.8) is 0 Å². The molecule has 0 spiro atoms. The van der Waals surface area contributed by atoms with Crippen LogP contribution in [0.2, 0.25) is 0 Å². The van der Waals surface area contributed by atoms with Gasteiger partial charge in [-0.2, -0.15) is 0 Å². The molecule has 0 aliphatic heterocycles. The number of hydrogen-bond acceptors (Lipinski definition) is 5. The molecule has 1 amide bonds. The Morgan fingerprint density at radius 2 is 2.35 bits per heavy atom. The predicted molar refractivity (Wildman–Crippen MR) is 68.6 cm³/mol. The Bertz CT molecular complexity index is 435. The molecule has 0 radical (unpaired) electrons. The minimum Gasteiger partial charge on any atom is -0.383 e. The molecule has 17 heavy (non-hydrogen) atoms. The normalized spacial score (nSPS) is 14.5. The van der Waals surface area contributed by atoms with E-state index in [-0.39, 0.29) is 12.5 Å². The van der Waals surface area contributed by atoms with E-state index in [4.69, 9.17) is 5.73 Å². The second kappa shape index (κ2) is 4.87. The van der Waals surface area contributed by atoms with Gasteiger partial charge >= 0.3 is 0 Å². The zero-order chi connectivity index (χ0) is 12.4. The molecule has 0 unspecified atom stereocenters. The first-order chi connectivity index (χ1) is 8.08. The highest BCUT2D eigenvalue weighted by Crippen LogP contribution is 2.26. The average Bonchev–Trinajstić information content (AvgIpc) is 3.05. The number of aromatic nitrogens is 2. The molecule has 1 heterocycles. The van der Waals surface area contributed by atoms with E-state index in [1.807, 2.05) is 0 Å². The van der Waals surface area contributed by atoms with Crippen LogP contribution in [0, 0.1) is 0 Å². The van der Waals surface area contributed by atoms with Crippen LogP contribution < -0.4 is 16.0 Å². The third-order valence-electron chi connectivity index (χ3n) is 2.48. The van der Waals surface area contributed by atoms with Crippen LogP contribution in [-0.2, 0) is 4.79 Å². The van der Waals surface area contributed by atoms with E-state index in [0.29, 0.717) is 22.2 Å². The van der Waals surface area contributed by atoms with Crippen molar-refractivity contribution >= 4 is 33.5 Å². The van der Waals surface area contributed by atoms with Crippen molar-refractivity contribution in [2.24, 2.45) is 0 Å². The fraction of sp³-hybridized carbons (Fsp3) is 0.500. The molecule has 2 rings (SSSR count). The van der Waals surface area contributed by atoms with Gasteiger partial charge in [-0.25, -0.2) is 9.97 Å². The number of anilines is 2. The van der Waals surface area contributed by atoms with Gasteiger partial charge in [-0.15, -0.1) is 0 Å². The maximum absolute atomic E-state index is 11.6. The summed E-state index contributed by atoms with van der Waals surface area (Å²) in [5, 5.41) is 2.92. The summed E-state index contributed by atoms with van der Waals surface area (Å²) < 4.78 is 0.613. The predicted octanol–water partition coefficient (Wildman–Crippen LogP) is 0.536. The molecule has 1 aliphatic rings. The van der Waals surface area contributed by atoms with Crippen LogP contribution in [0.4, 0.5) is 11.6 Å². The number of carbonyl (C=O) groups is 1. The number of nitrogens with one attached hydrogen (secondary N) is 1. The van der Waals surface area contributed by atoms with E-state index in [1.165, 1.54) is 6.33 Å². The number of halogens is 1. The Kier molecular flexibility index (Phi) is 3.46. The second-order valence-electron chi connectivity index (χ2n) is 4.09. The number of nitrogens with two attached hydrogens (primary N) is 1. The first-order valence-electron chi connectivity index (χ1n) is 5.34. The summed E-state index contributed by atoms with van der Waals surface area (Å²) in [7, 11) is 1.79. The van der Waals surface area contributed by atoms with E-state index in [2.05, 4.69) is 31.2 Å². The van der Waals surface area contributed by atoms with Gasteiger partial charge in [0.15, 0.2) is 0 Å². The van der Waals surface area contributed by atoms with Gasteiger partial charge in [0.05, 0.1) is 6.54 Å². The number of nitrogen functional groups attached to an aromatic ring is 1. The van der Waals surface area contributed by atoms with E-state index < -0.39 is 0 Å². The fourth-order valence-corrected chi connectivity index (χ4v) is 1.94. The third-order valence-corrected chi connectivity index (χ3v) is 3.24. The quantitative estimate of drug-likeness (QED) is 0.847. The van der Waals surface area contributed by atoms with Crippen molar-refractivity contribution in [2.45, 2.75) is 18.9 Å². The van der Waals surface area contributed by atoms with E-state index >= 15 is 0 Å². The van der Waals surface area contributed by atoms with Gasteiger partial charge in [-0.1, -0.05) is 0 Å². The van der Waals surface area contributed by atoms with Crippen LogP contribution in [0.3, 0.4) is 0 Å². The summed E-state index contributed by atoms with van der Waals surface area (Å²) in [4.78, 5) is 21.3. The maximum atomic E-state index is 11.6. The molecule has 1 aromatic rings. The summed E-state index contributed by atoms with van der Waals surface area (Å²) in [6.07, 6.45) is 3.55. The zero-order valence-electron chi connectivity index (χ0n) is 9.48. The van der Waals surface area contributed by atoms with Gasteiger partial charge in [0, 0.05) is 13.1 Å². The molecule has 92 valence electrons. The standard InChI is InChI=1S/C10H14BrN5O/c1-16(4-7(17)15-6-2-3-6)10-8(11)9(12)13-5-14-10/h5-6H,2-4H2,1H3,(H,15,17)(H2,12,13,14). The second-order valence-corrected chi connectivity index (χ2v) is 4.89. The van der Waals surface area contributed by atoms with Crippen LogP contribution in [-0.4, -0.2) is 35.5 Å². The van der Waals surface area contributed by atoms with Crippen molar-refractivity contribution < 1.29 is 4.79 Å². The molecular weight excluding hydrogens is 286 g/mol. The number of hydrogen-bond donors (Lipinski definition) is 2. The van der Waals surface area contributed by atoms with Crippen molar-refractivity contribution in [3.8, 4) is 0 Å². The van der Waals surface area contributed by atoms with Crippen LogP contribution >= 0.6 is 15.9 Å². The van der Waals surface area contributed by atoms with Crippen LogP contribution in [0.15, 0.2) is 10.8 Å². The zero-order valence-corrected chi connectivity index (χ0v) is 11.1. The lowest BCUT2D eigenvalue weighted by molar-refractivity contribution is -0.119. The Labute approximate surface area is 108 Å². The molecular formula is C10H14BrN5O. The molecule has 3 N–H and O–H groups in total. The van der Waals surface area contributed by atoms with Crippen molar-refractivity contribution in [1.29, 1.82) is 0 Å². The number of carbonyl (C=O) groups excluding carboxylic acids is 1. The lowest BCUT2D eigenvalue weighted by Crippen LogP contribution is -2.36. The highest BCUT2D eigenvalue weighted by molar-refractivity contribution is 9.10. The first kappa shape index (κ1) is 12.1. The number of nitrogens with zero attached hydrogens (tertiary/aromatic N) is 3. The molecule has 0 saturated heterocycles. The van der Waals surface area contributed by atoms with Crippen molar-refractivity contribution in [2.75, 3.05) is 24.2 Å². The third kappa shape index (κ3) is 3.06. The van der Waals surface area contributed by atoms with Crippen molar-refractivity contribution in [1.82, 2.24) is 15.3 Å². The minimum atomic E-state index is -0.000848. The van der Waals surface area contributed by atoms with Gasteiger partial charge in [0.25, 0.3) is 0 Å². The lowest BCUT2D eigenvalue weighted by Gasteiger charge is -2.19. The monoisotopic (exact) mass is 299 g/mol. The Hall–Kier alpha value is -1.37. The largest absolute Gasteiger partial charge is 0.383 e. The van der Waals surface area contributed by atoms with Gasteiger partial charge in [-0.3, -0.25) is 4.79 Å². The molecule has 1 aromatic heterocycles. The van der Waals surface area contributed by atoms with Gasteiger partial charge in [0.1, 0.15) is 22.4 Å². The van der Waals surface area contributed by atoms with Gasteiger partial charge < -0.3 is 16.0 Å². The van der Waals surface area contributed by atoms with Gasteiger partial charge in [0.2, 0.25) is 5.91 Å². The summed E-state index contributed by atoms with van der Waals surface area (Å²) in [5.74, 6) is 0.979. The molecule has 0 atom stereocenters. The topological polar surface area (TPSA) is 84.1 Å². The molecule has 1 fully saturated rings. The molecule has 1 aliphatic carbocycles. The number of likely N-dealkylation sites (N-methyl/N-ethyl adjacent to an activating group) is 1. The Morgan fingerprint density at radius 1 is 1.65 bits per heavy atom. The molecule has 1 saturated carbocycles. The summed E-state index contributed by atoms with van der Waals surface area (Å²) in [6.45, 7) is 0.256. The maximum Gasteiger partial charge on any atom is 0.239 e. The van der Waals surface area contributed by atoms with Crippen LogP contribution in [0.1, 0.15) is 12.8 Å². The van der Waals surface area contributed by atoms with E-state index in [0.717, 1.165) is 12.8 Å². The smallest absolute Gasteiger partial charge is 0.239 e. The molecule has 7 heteroatoms. The highest BCUT2D eigenvalue weighted by atomic mass is 79.9. The fourth-order valence-electron chi connectivity index (χ4n) is 1.43. The van der Waals surface area contributed by atoms with E-state index in [1.54, 1.807) is 11.9 Å². The lowest BCUT2D eigenvalue weighted by atomic mass is 10.4. The SMILES string of the molecule is CN(CC(=O)NC1CC1)c1ncnc(N)c1Br. The van der Waals surface area contributed by atoms with Crippen LogP contribution in [0.5, 0.6) is 0 Å². The molecule has 6 nitrogen and oxygen atoms in total. The molecule has 0 bridgehead atoms. The Balaban J connectivity index is 2.00. The van der Waals surface area contributed by atoms with Crippen LogP contribution in [0.25, 0.3) is 0 Å². The summed E-state index contributed by atoms with van der Waals surface area (Å²) >= 11 is 3.31. The highest BCUT2D eigenvalue weighted by Gasteiger charge is 2.24. The number of rotatable bonds is 4. The molecule has 0 aromatic carbocycles. The summed E-state index contributed by atoms with van der Waals surface area (Å²) in [6, 6.07) is 0.370. The average molecular weight is 300 g/mol. The van der Waals surface area contributed by atoms with Gasteiger partial charge in [-0.05, 0) is 28.8 Å². The number of amides is 1. The van der Waals surface area contributed by atoms with E-state index in [9.17, 15) is 4.79 Å². The van der Waals surface area contributed by atoms with Crippen molar-refractivity contribution in [3.05, 3.63) is 10.8 Å². The summed E-state index contributed by atoms with van der Waals surface area (Å²) in [5.41, 5.74) is 5.65. The Morgan fingerprint density at radius 3 is 3.00 bits per heavy atom.